The van der Waals surface area contributed by atoms with Crippen molar-refractivity contribution in [3.05, 3.63) is 12.0 Å². The highest BCUT2D eigenvalue weighted by molar-refractivity contribution is 5.85. The summed E-state index contributed by atoms with van der Waals surface area (Å²) in [4.78, 5) is 14.2. The molecule has 0 aliphatic heterocycles. The average molecular weight is 230 g/mol. The number of carboxylic acids is 1. The van der Waals surface area contributed by atoms with E-state index in [0.29, 0.717) is 13.2 Å². The number of oxazole rings is 1. The quantitative estimate of drug-likeness (QED) is 0.702. The SMILES string of the molecule is COCC(CNc1nc(C(=O)O)co1)OC. The number of aromatic nitrogens is 1. The van der Waals surface area contributed by atoms with Gasteiger partial charge in [0.15, 0.2) is 5.69 Å². The molecule has 7 nitrogen and oxygen atoms in total. The summed E-state index contributed by atoms with van der Waals surface area (Å²) in [6.07, 6.45) is 0.924. The second-order valence-corrected chi connectivity index (χ2v) is 3.04. The molecule has 16 heavy (non-hydrogen) atoms. The zero-order valence-corrected chi connectivity index (χ0v) is 9.10. The van der Waals surface area contributed by atoms with Crippen LogP contribution < -0.4 is 5.32 Å². The third-order valence-corrected chi connectivity index (χ3v) is 1.89. The van der Waals surface area contributed by atoms with Crippen LogP contribution in [0.3, 0.4) is 0 Å². The molecule has 0 fully saturated rings. The van der Waals surface area contributed by atoms with Crippen LogP contribution in [0.2, 0.25) is 0 Å². The number of methoxy groups -OCH3 is 2. The lowest BCUT2D eigenvalue weighted by molar-refractivity contribution is 0.0363. The molecule has 0 spiro atoms. The first-order chi connectivity index (χ1) is 7.67. The Kier molecular flexibility index (Phi) is 4.74. The first kappa shape index (κ1) is 12.5. The van der Waals surface area contributed by atoms with Gasteiger partial charge in [-0.1, -0.05) is 0 Å². The molecule has 2 N–H and O–H groups in total. The fourth-order valence-electron chi connectivity index (χ4n) is 1.05. The Morgan fingerprint density at radius 2 is 2.44 bits per heavy atom. The van der Waals surface area contributed by atoms with E-state index in [9.17, 15) is 4.79 Å². The van der Waals surface area contributed by atoms with Gasteiger partial charge in [-0.05, 0) is 0 Å². The van der Waals surface area contributed by atoms with E-state index >= 15 is 0 Å². The van der Waals surface area contributed by atoms with E-state index in [2.05, 4.69) is 10.3 Å². The number of nitrogens with one attached hydrogen (secondary N) is 1. The third-order valence-electron chi connectivity index (χ3n) is 1.89. The third kappa shape index (κ3) is 3.52. The zero-order valence-electron chi connectivity index (χ0n) is 9.10. The number of aromatic carboxylic acids is 1. The molecule has 1 rings (SSSR count). The second-order valence-electron chi connectivity index (χ2n) is 3.04. The van der Waals surface area contributed by atoms with Gasteiger partial charge in [0.05, 0.1) is 12.7 Å². The van der Waals surface area contributed by atoms with Crippen molar-refractivity contribution in [3.63, 3.8) is 0 Å². The van der Waals surface area contributed by atoms with Gasteiger partial charge < -0.3 is 24.3 Å². The van der Waals surface area contributed by atoms with Gasteiger partial charge in [-0.3, -0.25) is 0 Å². The summed E-state index contributed by atoms with van der Waals surface area (Å²) in [5, 5.41) is 11.4. The number of carbonyl (C=O) groups is 1. The van der Waals surface area contributed by atoms with Crippen LogP contribution in [0, 0.1) is 0 Å². The summed E-state index contributed by atoms with van der Waals surface area (Å²) >= 11 is 0. The van der Waals surface area contributed by atoms with E-state index in [-0.39, 0.29) is 17.8 Å². The van der Waals surface area contributed by atoms with Crippen molar-refractivity contribution in [2.45, 2.75) is 6.10 Å². The molecule has 1 aromatic rings. The van der Waals surface area contributed by atoms with Crippen LogP contribution in [0.5, 0.6) is 0 Å². The lowest BCUT2D eigenvalue weighted by Crippen LogP contribution is -2.26. The molecule has 0 saturated heterocycles. The Morgan fingerprint density at radius 3 is 2.94 bits per heavy atom. The van der Waals surface area contributed by atoms with Crippen LogP contribution in [0.4, 0.5) is 6.01 Å². The van der Waals surface area contributed by atoms with Crippen molar-refractivity contribution in [1.82, 2.24) is 4.98 Å². The molecule has 0 radical (unpaired) electrons. The summed E-state index contributed by atoms with van der Waals surface area (Å²) < 4.78 is 14.9. The minimum atomic E-state index is -1.13. The molecule has 1 aromatic heterocycles. The molecule has 7 heteroatoms. The minimum Gasteiger partial charge on any atom is -0.476 e. The van der Waals surface area contributed by atoms with Crippen LogP contribution in [0.15, 0.2) is 10.7 Å². The summed E-state index contributed by atoms with van der Waals surface area (Å²) in [5.41, 5.74) is -0.136. The topological polar surface area (TPSA) is 93.8 Å². The van der Waals surface area contributed by atoms with Crippen LogP contribution in [0.1, 0.15) is 10.5 Å². The molecule has 0 aromatic carbocycles. The highest BCUT2D eigenvalue weighted by Crippen LogP contribution is 2.07. The maximum absolute atomic E-state index is 10.5. The van der Waals surface area contributed by atoms with E-state index < -0.39 is 5.97 Å². The van der Waals surface area contributed by atoms with Crippen molar-refractivity contribution < 1.29 is 23.8 Å². The van der Waals surface area contributed by atoms with Gasteiger partial charge in [0.2, 0.25) is 0 Å². The van der Waals surface area contributed by atoms with Crippen LogP contribution in [0.25, 0.3) is 0 Å². The fourth-order valence-corrected chi connectivity index (χ4v) is 1.05. The standard InChI is InChI=1S/C9H14N2O5/c1-14-4-6(15-2)3-10-9-11-7(5-16-9)8(12)13/h5-6H,3-4H2,1-2H3,(H,10,11)(H,12,13). The van der Waals surface area contributed by atoms with Gasteiger partial charge in [0.1, 0.15) is 6.26 Å². The Balaban J connectivity index is 2.44. The highest BCUT2D eigenvalue weighted by Gasteiger charge is 2.12. The monoisotopic (exact) mass is 230 g/mol. The number of ether oxygens (including phenoxy) is 2. The van der Waals surface area contributed by atoms with E-state index in [1.165, 1.54) is 0 Å². The number of nitrogens with zero attached hydrogens (tertiary/aromatic N) is 1. The summed E-state index contributed by atoms with van der Waals surface area (Å²) in [5.74, 6) is -1.13. The molecule has 1 atom stereocenters. The van der Waals surface area contributed by atoms with Gasteiger partial charge >= 0.3 is 5.97 Å². The normalized spacial score (nSPS) is 12.4. The summed E-state index contributed by atoms with van der Waals surface area (Å²) in [6, 6.07) is 0.149. The van der Waals surface area contributed by atoms with E-state index in [1.807, 2.05) is 0 Å². The molecule has 0 aliphatic rings. The van der Waals surface area contributed by atoms with Crippen LogP contribution >= 0.6 is 0 Å². The number of hydrogen-bond acceptors (Lipinski definition) is 6. The van der Waals surface area contributed by atoms with Gasteiger partial charge in [-0.25, -0.2) is 4.79 Å². The lowest BCUT2D eigenvalue weighted by atomic mass is 10.4. The van der Waals surface area contributed by atoms with E-state index in [4.69, 9.17) is 19.0 Å². The maximum Gasteiger partial charge on any atom is 0.357 e. The molecule has 1 unspecified atom stereocenters. The largest absolute Gasteiger partial charge is 0.476 e. The first-order valence-corrected chi connectivity index (χ1v) is 4.61. The number of rotatable bonds is 7. The van der Waals surface area contributed by atoms with Crippen molar-refractivity contribution in [2.24, 2.45) is 0 Å². The Morgan fingerprint density at radius 1 is 1.69 bits per heavy atom. The lowest BCUT2D eigenvalue weighted by Gasteiger charge is -2.13. The van der Waals surface area contributed by atoms with Crippen molar-refractivity contribution in [3.8, 4) is 0 Å². The highest BCUT2D eigenvalue weighted by atomic mass is 16.5. The Bertz CT molecular complexity index is 338. The molecule has 0 amide bonds. The zero-order chi connectivity index (χ0) is 12.0. The van der Waals surface area contributed by atoms with Gasteiger partial charge in [-0.15, -0.1) is 0 Å². The Labute approximate surface area is 92.4 Å². The van der Waals surface area contributed by atoms with Crippen LogP contribution in [-0.2, 0) is 9.47 Å². The fraction of sp³-hybridized carbons (Fsp3) is 0.556. The average Bonchev–Trinajstić information content (AvgIpc) is 2.73. The van der Waals surface area contributed by atoms with Gasteiger partial charge in [-0.2, -0.15) is 4.98 Å². The molecule has 90 valence electrons. The summed E-state index contributed by atoms with van der Waals surface area (Å²) in [7, 11) is 3.13. The Hall–Kier alpha value is -1.60. The summed E-state index contributed by atoms with van der Waals surface area (Å²) in [6.45, 7) is 0.847. The van der Waals surface area contributed by atoms with Crippen molar-refractivity contribution in [1.29, 1.82) is 0 Å². The van der Waals surface area contributed by atoms with Crippen molar-refractivity contribution >= 4 is 12.0 Å². The molecule has 0 aliphatic carbocycles. The molecular formula is C9H14N2O5. The van der Waals surface area contributed by atoms with Gasteiger partial charge in [0, 0.05) is 20.8 Å². The molecule has 0 saturated carbocycles. The first-order valence-electron chi connectivity index (χ1n) is 4.61. The molecule has 0 bridgehead atoms. The van der Waals surface area contributed by atoms with Gasteiger partial charge in [0.25, 0.3) is 6.01 Å². The van der Waals surface area contributed by atoms with E-state index in [0.717, 1.165) is 6.26 Å². The number of hydrogen-bond donors (Lipinski definition) is 2. The predicted octanol–water partition coefficient (Wildman–Crippen LogP) is 0.446. The predicted molar refractivity (Wildman–Crippen MR) is 54.6 cm³/mol. The number of anilines is 1. The molecule has 1 heterocycles. The minimum absolute atomic E-state index is 0.136. The van der Waals surface area contributed by atoms with E-state index in [1.54, 1.807) is 14.2 Å². The maximum atomic E-state index is 10.5. The number of carboxylic acid groups (broad SMARTS) is 1. The van der Waals surface area contributed by atoms with Crippen molar-refractivity contribution in [2.75, 3.05) is 32.7 Å². The smallest absolute Gasteiger partial charge is 0.357 e. The van der Waals surface area contributed by atoms with Crippen LogP contribution in [-0.4, -0.2) is 49.5 Å². The molecular weight excluding hydrogens is 216 g/mol. The second kappa shape index (κ2) is 6.09.